The topological polar surface area (TPSA) is 26.3 Å². The van der Waals surface area contributed by atoms with E-state index in [0.717, 1.165) is 11.1 Å². The number of allylic oxidation sites excluding steroid dienone is 1. The van der Waals surface area contributed by atoms with Crippen molar-refractivity contribution in [1.29, 1.82) is 0 Å². The third-order valence-electron chi connectivity index (χ3n) is 2.75. The van der Waals surface area contributed by atoms with Gasteiger partial charge in [-0.3, -0.25) is 4.79 Å². The van der Waals surface area contributed by atoms with Crippen molar-refractivity contribution in [2.75, 3.05) is 0 Å². The van der Waals surface area contributed by atoms with Crippen LogP contribution in [0.4, 0.5) is 0 Å². The van der Waals surface area contributed by atoms with E-state index in [1.165, 1.54) is 0 Å². The fourth-order valence-corrected chi connectivity index (χ4v) is 1.75. The fraction of sp³-hybridized carbons (Fsp3) is 0.118. The van der Waals surface area contributed by atoms with E-state index in [4.69, 9.17) is 4.74 Å². The predicted molar refractivity (Wildman–Crippen MR) is 76.9 cm³/mol. The first kappa shape index (κ1) is 13.1. The maximum atomic E-state index is 11.5. The summed E-state index contributed by atoms with van der Waals surface area (Å²) in [5.74, 6) is 0.348. The van der Waals surface area contributed by atoms with Crippen LogP contribution in [0.1, 0.15) is 12.8 Å². The van der Waals surface area contributed by atoms with Crippen LogP contribution in [-0.2, 0) is 4.79 Å². The first-order valence-corrected chi connectivity index (χ1v) is 6.26. The van der Waals surface area contributed by atoms with Gasteiger partial charge in [0.1, 0.15) is 5.75 Å². The zero-order chi connectivity index (χ0) is 13.5. The Bertz CT molecular complexity index is 541. The summed E-state index contributed by atoms with van der Waals surface area (Å²) in [5, 5.41) is 0. The minimum Gasteiger partial charge on any atom is -0.427 e. The Hall–Kier alpha value is -2.35. The summed E-state index contributed by atoms with van der Waals surface area (Å²) >= 11 is 0. The molecule has 0 spiro atoms. The standard InChI is InChI=1S/C17H16O2/c1-2-3-9-17(18)19-16-12-10-15(11-13-16)14-7-5-4-6-8-14/h2,4-8,10-13H,1,3,9H2. The zero-order valence-corrected chi connectivity index (χ0v) is 10.7. The van der Waals surface area contributed by atoms with Gasteiger partial charge >= 0.3 is 5.97 Å². The van der Waals surface area contributed by atoms with E-state index in [0.29, 0.717) is 18.6 Å². The van der Waals surface area contributed by atoms with Crippen LogP contribution in [0.5, 0.6) is 5.75 Å². The third-order valence-corrected chi connectivity index (χ3v) is 2.75. The number of ether oxygens (including phenoxy) is 1. The highest BCUT2D eigenvalue weighted by atomic mass is 16.5. The highest BCUT2D eigenvalue weighted by Gasteiger charge is 2.04. The van der Waals surface area contributed by atoms with Crippen molar-refractivity contribution < 1.29 is 9.53 Å². The maximum absolute atomic E-state index is 11.5. The van der Waals surface area contributed by atoms with Gasteiger partial charge < -0.3 is 4.74 Å². The molecular formula is C17H16O2. The van der Waals surface area contributed by atoms with Gasteiger partial charge in [0.2, 0.25) is 0 Å². The van der Waals surface area contributed by atoms with E-state index in [1.807, 2.05) is 54.6 Å². The molecule has 0 aliphatic carbocycles. The second kappa shape index (κ2) is 6.55. The molecular weight excluding hydrogens is 236 g/mol. The lowest BCUT2D eigenvalue weighted by Crippen LogP contribution is -2.06. The van der Waals surface area contributed by atoms with E-state index in [-0.39, 0.29) is 5.97 Å². The van der Waals surface area contributed by atoms with Gasteiger partial charge in [0.05, 0.1) is 0 Å². The zero-order valence-electron chi connectivity index (χ0n) is 10.7. The maximum Gasteiger partial charge on any atom is 0.311 e. The molecule has 0 aliphatic rings. The molecule has 0 atom stereocenters. The Kier molecular flexibility index (Phi) is 4.51. The molecule has 2 aromatic rings. The first-order chi connectivity index (χ1) is 9.29. The van der Waals surface area contributed by atoms with Crippen molar-refractivity contribution in [3.05, 3.63) is 67.3 Å². The van der Waals surface area contributed by atoms with Crippen LogP contribution in [0.25, 0.3) is 11.1 Å². The van der Waals surface area contributed by atoms with Crippen molar-refractivity contribution in [2.24, 2.45) is 0 Å². The Morgan fingerprint density at radius 1 is 1.00 bits per heavy atom. The van der Waals surface area contributed by atoms with Crippen LogP contribution in [-0.4, -0.2) is 5.97 Å². The average molecular weight is 252 g/mol. The number of carbonyl (C=O) groups excluding carboxylic acids is 1. The van der Waals surface area contributed by atoms with Crippen molar-refractivity contribution >= 4 is 5.97 Å². The van der Waals surface area contributed by atoms with Gasteiger partial charge in [0.25, 0.3) is 0 Å². The summed E-state index contributed by atoms with van der Waals surface area (Å²) in [5.41, 5.74) is 2.25. The van der Waals surface area contributed by atoms with E-state index < -0.39 is 0 Å². The average Bonchev–Trinajstić information content (AvgIpc) is 2.47. The summed E-state index contributed by atoms with van der Waals surface area (Å²) in [6, 6.07) is 17.6. The number of rotatable bonds is 5. The molecule has 2 rings (SSSR count). The summed E-state index contributed by atoms with van der Waals surface area (Å²) in [4.78, 5) is 11.5. The minimum absolute atomic E-state index is 0.229. The van der Waals surface area contributed by atoms with E-state index in [9.17, 15) is 4.79 Å². The second-order valence-corrected chi connectivity index (χ2v) is 4.19. The smallest absolute Gasteiger partial charge is 0.311 e. The first-order valence-electron chi connectivity index (χ1n) is 6.26. The molecule has 0 fully saturated rings. The lowest BCUT2D eigenvalue weighted by molar-refractivity contribution is -0.134. The SMILES string of the molecule is C=CCCC(=O)Oc1ccc(-c2ccccc2)cc1. The van der Waals surface area contributed by atoms with E-state index in [2.05, 4.69) is 6.58 Å². The third kappa shape index (κ3) is 3.81. The van der Waals surface area contributed by atoms with Crippen LogP contribution >= 0.6 is 0 Å². The van der Waals surface area contributed by atoms with Gasteiger partial charge in [-0.15, -0.1) is 6.58 Å². The van der Waals surface area contributed by atoms with Gasteiger partial charge in [-0.05, 0) is 29.7 Å². The quantitative estimate of drug-likeness (QED) is 0.452. The molecule has 0 aromatic heterocycles. The molecule has 0 saturated heterocycles. The highest BCUT2D eigenvalue weighted by molar-refractivity contribution is 5.73. The number of esters is 1. The molecule has 2 nitrogen and oxygen atoms in total. The molecule has 96 valence electrons. The Morgan fingerprint density at radius 2 is 1.63 bits per heavy atom. The van der Waals surface area contributed by atoms with Crippen LogP contribution in [0.2, 0.25) is 0 Å². The monoisotopic (exact) mass is 252 g/mol. The molecule has 19 heavy (non-hydrogen) atoms. The van der Waals surface area contributed by atoms with Crippen LogP contribution in [0.3, 0.4) is 0 Å². The molecule has 0 radical (unpaired) electrons. The van der Waals surface area contributed by atoms with Crippen LogP contribution in [0, 0.1) is 0 Å². The van der Waals surface area contributed by atoms with E-state index >= 15 is 0 Å². The molecule has 0 N–H and O–H groups in total. The molecule has 0 heterocycles. The van der Waals surface area contributed by atoms with Gasteiger partial charge in [0, 0.05) is 6.42 Å². The molecule has 2 heteroatoms. The predicted octanol–water partition coefficient (Wildman–Crippen LogP) is 4.23. The van der Waals surface area contributed by atoms with Gasteiger partial charge in [-0.25, -0.2) is 0 Å². The van der Waals surface area contributed by atoms with Gasteiger partial charge in [-0.2, -0.15) is 0 Å². The molecule has 0 saturated carbocycles. The summed E-state index contributed by atoms with van der Waals surface area (Å²) in [6.07, 6.45) is 2.71. The number of carbonyl (C=O) groups is 1. The normalized spacial score (nSPS) is 9.89. The second-order valence-electron chi connectivity index (χ2n) is 4.19. The molecule has 0 bridgehead atoms. The van der Waals surface area contributed by atoms with Crippen molar-refractivity contribution in [2.45, 2.75) is 12.8 Å². The van der Waals surface area contributed by atoms with Gasteiger partial charge in [0.15, 0.2) is 0 Å². The Balaban J connectivity index is 2.03. The lowest BCUT2D eigenvalue weighted by Gasteiger charge is -2.05. The van der Waals surface area contributed by atoms with E-state index in [1.54, 1.807) is 6.08 Å². The molecule has 0 amide bonds. The van der Waals surface area contributed by atoms with Crippen molar-refractivity contribution in [3.8, 4) is 16.9 Å². The number of hydrogen-bond donors (Lipinski definition) is 0. The lowest BCUT2D eigenvalue weighted by atomic mass is 10.1. The van der Waals surface area contributed by atoms with Crippen LogP contribution in [0.15, 0.2) is 67.3 Å². The highest BCUT2D eigenvalue weighted by Crippen LogP contribution is 2.22. The minimum atomic E-state index is -0.229. The largest absolute Gasteiger partial charge is 0.427 e. The van der Waals surface area contributed by atoms with Crippen LogP contribution < -0.4 is 4.74 Å². The number of benzene rings is 2. The summed E-state index contributed by atoms with van der Waals surface area (Å²) < 4.78 is 5.22. The number of hydrogen-bond acceptors (Lipinski definition) is 2. The summed E-state index contributed by atoms with van der Waals surface area (Å²) in [7, 11) is 0. The Labute approximate surface area is 113 Å². The van der Waals surface area contributed by atoms with Gasteiger partial charge in [-0.1, -0.05) is 48.5 Å². The Morgan fingerprint density at radius 3 is 2.26 bits per heavy atom. The molecule has 0 aliphatic heterocycles. The summed E-state index contributed by atoms with van der Waals surface area (Å²) in [6.45, 7) is 3.58. The fourth-order valence-electron chi connectivity index (χ4n) is 1.75. The molecule has 0 unspecified atom stereocenters. The van der Waals surface area contributed by atoms with Crippen molar-refractivity contribution in [3.63, 3.8) is 0 Å². The molecule has 2 aromatic carbocycles. The van der Waals surface area contributed by atoms with Crippen molar-refractivity contribution in [1.82, 2.24) is 0 Å².